The molecule has 0 heterocycles. The highest BCUT2D eigenvalue weighted by Gasteiger charge is 2.10. The molecular formula is C14H19IO2. The van der Waals surface area contributed by atoms with Gasteiger partial charge in [-0.1, -0.05) is 41.6 Å². The Morgan fingerprint density at radius 1 is 1.35 bits per heavy atom. The van der Waals surface area contributed by atoms with Crippen LogP contribution in [0.2, 0.25) is 0 Å². The predicted molar refractivity (Wildman–Crippen MR) is 78.8 cm³/mol. The number of alkyl halides is 1. The van der Waals surface area contributed by atoms with Gasteiger partial charge in [0.15, 0.2) is 0 Å². The normalized spacial score (nSPS) is 12.2. The van der Waals surface area contributed by atoms with Gasteiger partial charge in [-0.2, -0.15) is 0 Å². The van der Waals surface area contributed by atoms with Crippen molar-refractivity contribution in [3.63, 3.8) is 0 Å². The molecule has 1 unspecified atom stereocenters. The highest BCUT2D eigenvalue weighted by atomic mass is 127. The quantitative estimate of drug-likeness (QED) is 0.442. The molecule has 0 saturated carbocycles. The molecule has 0 radical (unpaired) electrons. The van der Waals surface area contributed by atoms with E-state index >= 15 is 0 Å². The van der Waals surface area contributed by atoms with Crippen LogP contribution in [0.3, 0.4) is 0 Å². The molecule has 0 spiro atoms. The first-order valence-corrected chi connectivity index (χ1v) is 7.55. The Labute approximate surface area is 117 Å². The van der Waals surface area contributed by atoms with Gasteiger partial charge in [-0.05, 0) is 48.3 Å². The second kappa shape index (κ2) is 7.69. The number of esters is 1. The summed E-state index contributed by atoms with van der Waals surface area (Å²) in [5, 5.41) is 0. The summed E-state index contributed by atoms with van der Waals surface area (Å²) in [6.07, 6.45) is 3.08. The number of aryl methyl sites for hydroxylation is 1. The highest BCUT2D eigenvalue weighted by molar-refractivity contribution is 14.1. The number of carbonyl (C=O) groups is 1. The molecule has 2 nitrogen and oxygen atoms in total. The third-order valence-corrected chi connectivity index (χ3v) is 3.43. The first kappa shape index (κ1) is 14.5. The Morgan fingerprint density at radius 3 is 2.53 bits per heavy atom. The zero-order chi connectivity index (χ0) is 12.7. The van der Waals surface area contributed by atoms with E-state index in [4.69, 9.17) is 4.74 Å². The van der Waals surface area contributed by atoms with Crippen molar-refractivity contribution >= 4 is 28.6 Å². The molecule has 94 valence electrons. The van der Waals surface area contributed by atoms with Gasteiger partial charge in [-0.3, -0.25) is 0 Å². The molecular weight excluding hydrogens is 327 g/mol. The molecule has 17 heavy (non-hydrogen) atoms. The van der Waals surface area contributed by atoms with Gasteiger partial charge < -0.3 is 4.74 Å². The lowest BCUT2D eigenvalue weighted by Crippen LogP contribution is -2.13. The smallest absolute Gasteiger partial charge is 0.338 e. The lowest BCUT2D eigenvalue weighted by atomic mass is 10.1. The standard InChI is InChI=1S/C14H19IO2/c1-3-11(2)17-14(16)13-8-6-12(7-9-13)5-4-10-15/h6-9,11H,3-5,10H2,1-2H3. The van der Waals surface area contributed by atoms with E-state index in [0.29, 0.717) is 5.56 Å². The minimum atomic E-state index is -0.222. The fourth-order valence-corrected chi connectivity index (χ4v) is 1.79. The molecule has 3 heteroatoms. The van der Waals surface area contributed by atoms with E-state index in [2.05, 4.69) is 22.6 Å². The van der Waals surface area contributed by atoms with E-state index in [1.165, 1.54) is 12.0 Å². The van der Waals surface area contributed by atoms with Crippen LogP contribution >= 0.6 is 22.6 Å². The predicted octanol–water partition coefficient (Wildman–Crippen LogP) is 4.01. The molecule has 0 N–H and O–H groups in total. The van der Waals surface area contributed by atoms with Crippen LogP contribution in [-0.2, 0) is 11.2 Å². The van der Waals surface area contributed by atoms with Gasteiger partial charge in [0.1, 0.15) is 0 Å². The van der Waals surface area contributed by atoms with Crippen molar-refractivity contribution in [1.29, 1.82) is 0 Å². The number of benzene rings is 1. The fraction of sp³-hybridized carbons (Fsp3) is 0.500. The van der Waals surface area contributed by atoms with Gasteiger partial charge >= 0.3 is 5.97 Å². The summed E-state index contributed by atoms with van der Waals surface area (Å²) in [5.41, 5.74) is 1.92. The van der Waals surface area contributed by atoms with E-state index in [9.17, 15) is 4.79 Å². The summed E-state index contributed by atoms with van der Waals surface area (Å²) < 4.78 is 6.43. The summed E-state index contributed by atoms with van der Waals surface area (Å²) in [6, 6.07) is 7.74. The SMILES string of the molecule is CCC(C)OC(=O)c1ccc(CCCI)cc1. The molecule has 1 atom stereocenters. The van der Waals surface area contributed by atoms with Gasteiger partial charge in [0.2, 0.25) is 0 Å². The monoisotopic (exact) mass is 346 g/mol. The minimum absolute atomic E-state index is 0.0128. The first-order valence-electron chi connectivity index (χ1n) is 6.03. The topological polar surface area (TPSA) is 26.3 Å². The van der Waals surface area contributed by atoms with Crippen molar-refractivity contribution in [3.8, 4) is 0 Å². The Morgan fingerprint density at radius 2 is 2.00 bits per heavy atom. The van der Waals surface area contributed by atoms with Gasteiger partial charge in [0.05, 0.1) is 11.7 Å². The Hall–Kier alpha value is -0.580. The van der Waals surface area contributed by atoms with E-state index in [1.54, 1.807) is 0 Å². The Balaban J connectivity index is 2.57. The summed E-state index contributed by atoms with van der Waals surface area (Å²) in [5.74, 6) is -0.222. The fourth-order valence-electron chi connectivity index (χ4n) is 1.41. The molecule has 1 aromatic rings. The molecule has 1 rings (SSSR count). The number of carbonyl (C=O) groups excluding carboxylic acids is 1. The zero-order valence-corrected chi connectivity index (χ0v) is 12.6. The maximum Gasteiger partial charge on any atom is 0.338 e. The van der Waals surface area contributed by atoms with Gasteiger partial charge in [0.25, 0.3) is 0 Å². The van der Waals surface area contributed by atoms with Crippen LogP contribution in [-0.4, -0.2) is 16.5 Å². The van der Waals surface area contributed by atoms with Crippen LogP contribution < -0.4 is 0 Å². The van der Waals surface area contributed by atoms with Crippen LogP contribution in [0.25, 0.3) is 0 Å². The third-order valence-electron chi connectivity index (χ3n) is 2.67. The van der Waals surface area contributed by atoms with E-state index in [1.807, 2.05) is 38.1 Å². The average Bonchev–Trinajstić information content (AvgIpc) is 2.36. The lowest BCUT2D eigenvalue weighted by Gasteiger charge is -2.10. The van der Waals surface area contributed by atoms with Crippen LogP contribution in [0.4, 0.5) is 0 Å². The molecule has 0 aliphatic heterocycles. The maximum atomic E-state index is 11.7. The highest BCUT2D eigenvalue weighted by Crippen LogP contribution is 2.10. The van der Waals surface area contributed by atoms with Crippen molar-refractivity contribution in [3.05, 3.63) is 35.4 Å². The Bertz CT molecular complexity index is 346. The van der Waals surface area contributed by atoms with Gasteiger partial charge in [-0.15, -0.1) is 0 Å². The second-order valence-corrected chi connectivity index (χ2v) is 5.19. The molecule has 0 saturated heterocycles. The van der Waals surface area contributed by atoms with E-state index < -0.39 is 0 Å². The van der Waals surface area contributed by atoms with Crippen molar-refractivity contribution in [2.24, 2.45) is 0 Å². The average molecular weight is 346 g/mol. The third kappa shape index (κ3) is 5.06. The number of hydrogen-bond acceptors (Lipinski definition) is 2. The molecule has 0 amide bonds. The van der Waals surface area contributed by atoms with E-state index in [-0.39, 0.29) is 12.1 Å². The van der Waals surface area contributed by atoms with Crippen LogP contribution in [0.15, 0.2) is 24.3 Å². The number of ether oxygens (including phenoxy) is 1. The molecule has 0 aliphatic carbocycles. The summed E-state index contributed by atoms with van der Waals surface area (Å²) in [4.78, 5) is 11.7. The molecule has 0 fully saturated rings. The summed E-state index contributed by atoms with van der Waals surface area (Å²) >= 11 is 2.37. The molecule has 0 aromatic heterocycles. The largest absolute Gasteiger partial charge is 0.459 e. The van der Waals surface area contributed by atoms with Crippen LogP contribution in [0.1, 0.15) is 42.6 Å². The molecule has 0 bridgehead atoms. The first-order chi connectivity index (χ1) is 8.17. The number of hydrogen-bond donors (Lipinski definition) is 0. The second-order valence-electron chi connectivity index (χ2n) is 4.11. The Kier molecular flexibility index (Phi) is 6.55. The van der Waals surface area contributed by atoms with Crippen molar-refractivity contribution in [2.75, 3.05) is 4.43 Å². The lowest BCUT2D eigenvalue weighted by molar-refractivity contribution is 0.0334. The number of rotatable bonds is 6. The summed E-state index contributed by atoms with van der Waals surface area (Å²) in [7, 11) is 0. The van der Waals surface area contributed by atoms with Crippen LogP contribution in [0, 0.1) is 0 Å². The van der Waals surface area contributed by atoms with E-state index in [0.717, 1.165) is 17.3 Å². The summed E-state index contributed by atoms with van der Waals surface area (Å²) in [6.45, 7) is 3.91. The van der Waals surface area contributed by atoms with Crippen molar-refractivity contribution in [1.82, 2.24) is 0 Å². The van der Waals surface area contributed by atoms with Gasteiger partial charge in [0, 0.05) is 0 Å². The zero-order valence-electron chi connectivity index (χ0n) is 10.4. The maximum absolute atomic E-state index is 11.7. The van der Waals surface area contributed by atoms with Gasteiger partial charge in [-0.25, -0.2) is 4.79 Å². The van der Waals surface area contributed by atoms with Crippen molar-refractivity contribution in [2.45, 2.75) is 39.2 Å². The molecule has 1 aromatic carbocycles. The van der Waals surface area contributed by atoms with Crippen molar-refractivity contribution < 1.29 is 9.53 Å². The molecule has 0 aliphatic rings. The van der Waals surface area contributed by atoms with Crippen LogP contribution in [0.5, 0.6) is 0 Å². The number of halogens is 1. The minimum Gasteiger partial charge on any atom is -0.459 e.